The highest BCUT2D eigenvalue weighted by atomic mass is 15.3. The molecule has 3 heteroatoms. The zero-order chi connectivity index (χ0) is 14.8. The first kappa shape index (κ1) is 15.6. The molecule has 0 saturated heterocycles. The van der Waals surface area contributed by atoms with E-state index in [1.807, 2.05) is 0 Å². The molecule has 1 unspecified atom stereocenters. The summed E-state index contributed by atoms with van der Waals surface area (Å²) in [7, 11) is 0. The Labute approximate surface area is 124 Å². The van der Waals surface area contributed by atoms with Crippen LogP contribution in [0.1, 0.15) is 83.6 Å². The third-order valence-electron chi connectivity index (χ3n) is 4.64. The first-order valence-corrected chi connectivity index (χ1v) is 8.32. The molecule has 1 atom stereocenters. The molecule has 20 heavy (non-hydrogen) atoms. The Bertz CT molecular complexity index is 429. The first-order chi connectivity index (χ1) is 9.52. The van der Waals surface area contributed by atoms with Gasteiger partial charge in [-0.2, -0.15) is 5.10 Å². The Morgan fingerprint density at radius 2 is 2.05 bits per heavy atom. The molecule has 0 aliphatic heterocycles. The Kier molecular flexibility index (Phi) is 4.90. The molecule has 0 radical (unpaired) electrons. The summed E-state index contributed by atoms with van der Waals surface area (Å²) in [6.07, 6.45) is 8.01. The van der Waals surface area contributed by atoms with Gasteiger partial charge >= 0.3 is 0 Å². The summed E-state index contributed by atoms with van der Waals surface area (Å²) < 4.78 is 2.32. The average Bonchev–Trinajstić information content (AvgIpc) is 2.80. The lowest BCUT2D eigenvalue weighted by Gasteiger charge is -2.36. The van der Waals surface area contributed by atoms with Crippen molar-refractivity contribution in [1.82, 2.24) is 15.1 Å². The predicted octanol–water partition coefficient (Wildman–Crippen LogP) is 4.26. The van der Waals surface area contributed by atoms with Gasteiger partial charge in [-0.3, -0.25) is 4.68 Å². The minimum absolute atomic E-state index is 0.363. The number of rotatable bonds is 6. The van der Waals surface area contributed by atoms with E-state index in [9.17, 15) is 0 Å². The van der Waals surface area contributed by atoms with Crippen molar-refractivity contribution in [3.63, 3.8) is 0 Å². The summed E-state index contributed by atoms with van der Waals surface area (Å²) >= 11 is 0. The number of hydrogen-bond acceptors (Lipinski definition) is 2. The van der Waals surface area contributed by atoms with Crippen LogP contribution in [0.5, 0.6) is 0 Å². The van der Waals surface area contributed by atoms with E-state index in [1.165, 1.54) is 24.1 Å². The Morgan fingerprint density at radius 1 is 1.35 bits per heavy atom. The summed E-state index contributed by atoms with van der Waals surface area (Å²) in [4.78, 5) is 0. The standard InChI is InChI=1S/C17H31N3/c1-6-9-18-15-10-17(4,5)11-16-14(15)12-19-20(16)13(7-2)8-3/h12-13,15,18H,6-11H2,1-5H3. The van der Waals surface area contributed by atoms with Gasteiger partial charge in [0.25, 0.3) is 0 Å². The van der Waals surface area contributed by atoms with Crippen molar-refractivity contribution in [3.8, 4) is 0 Å². The summed E-state index contributed by atoms with van der Waals surface area (Å²) in [5.74, 6) is 0. The molecule has 1 aliphatic rings. The van der Waals surface area contributed by atoms with Crippen LogP contribution in [-0.4, -0.2) is 16.3 Å². The second kappa shape index (κ2) is 6.30. The second-order valence-corrected chi connectivity index (χ2v) is 7.01. The lowest BCUT2D eigenvalue weighted by atomic mass is 9.74. The van der Waals surface area contributed by atoms with Gasteiger partial charge in [0, 0.05) is 17.3 Å². The molecule has 1 aliphatic carbocycles. The van der Waals surface area contributed by atoms with Crippen molar-refractivity contribution in [2.45, 2.75) is 78.8 Å². The van der Waals surface area contributed by atoms with Gasteiger partial charge in [0.2, 0.25) is 0 Å². The van der Waals surface area contributed by atoms with Crippen LogP contribution >= 0.6 is 0 Å². The van der Waals surface area contributed by atoms with Crippen LogP contribution in [0.25, 0.3) is 0 Å². The van der Waals surface area contributed by atoms with Crippen LogP contribution in [0.2, 0.25) is 0 Å². The highest BCUT2D eigenvalue weighted by Gasteiger charge is 2.35. The van der Waals surface area contributed by atoms with E-state index in [-0.39, 0.29) is 0 Å². The van der Waals surface area contributed by atoms with Crippen LogP contribution in [0.4, 0.5) is 0 Å². The maximum absolute atomic E-state index is 4.74. The lowest BCUT2D eigenvalue weighted by Crippen LogP contribution is -2.34. The van der Waals surface area contributed by atoms with Crippen LogP contribution in [0.15, 0.2) is 6.20 Å². The van der Waals surface area contributed by atoms with E-state index < -0.39 is 0 Å². The molecule has 0 amide bonds. The minimum Gasteiger partial charge on any atom is -0.310 e. The number of nitrogens with one attached hydrogen (secondary N) is 1. The Balaban J connectivity index is 2.33. The molecule has 0 saturated carbocycles. The fourth-order valence-corrected chi connectivity index (χ4v) is 3.51. The molecule has 0 bridgehead atoms. The van der Waals surface area contributed by atoms with Gasteiger partial charge in [0.1, 0.15) is 0 Å². The van der Waals surface area contributed by atoms with Crippen LogP contribution in [0.3, 0.4) is 0 Å². The van der Waals surface area contributed by atoms with Crippen molar-refractivity contribution in [2.75, 3.05) is 6.54 Å². The van der Waals surface area contributed by atoms with Gasteiger partial charge in [-0.05, 0) is 44.1 Å². The lowest BCUT2D eigenvalue weighted by molar-refractivity contribution is 0.245. The summed E-state index contributed by atoms with van der Waals surface area (Å²) in [5, 5.41) is 8.46. The zero-order valence-electron chi connectivity index (χ0n) is 13.9. The van der Waals surface area contributed by atoms with E-state index in [1.54, 1.807) is 0 Å². The summed E-state index contributed by atoms with van der Waals surface area (Å²) in [5.41, 5.74) is 3.29. The highest BCUT2D eigenvalue weighted by molar-refractivity contribution is 5.27. The molecule has 0 aromatic carbocycles. The van der Waals surface area contributed by atoms with Crippen molar-refractivity contribution in [3.05, 3.63) is 17.5 Å². The van der Waals surface area contributed by atoms with Crippen molar-refractivity contribution in [2.24, 2.45) is 5.41 Å². The molecule has 0 spiro atoms. The molecule has 2 rings (SSSR count). The maximum Gasteiger partial charge on any atom is 0.0540 e. The largest absolute Gasteiger partial charge is 0.310 e. The first-order valence-electron chi connectivity index (χ1n) is 8.32. The van der Waals surface area contributed by atoms with Crippen molar-refractivity contribution in [1.29, 1.82) is 0 Å². The predicted molar refractivity (Wildman–Crippen MR) is 85.0 cm³/mol. The Morgan fingerprint density at radius 3 is 2.65 bits per heavy atom. The average molecular weight is 277 g/mol. The van der Waals surface area contributed by atoms with E-state index >= 15 is 0 Å². The quantitative estimate of drug-likeness (QED) is 0.842. The molecule has 0 fully saturated rings. The van der Waals surface area contributed by atoms with E-state index in [2.05, 4.69) is 50.8 Å². The van der Waals surface area contributed by atoms with E-state index in [0.29, 0.717) is 17.5 Å². The normalized spacial score (nSPS) is 21.2. The SMILES string of the molecule is CCCNC1CC(C)(C)Cc2c1cnn2C(CC)CC. The number of hydrogen-bond donors (Lipinski definition) is 1. The van der Waals surface area contributed by atoms with Gasteiger partial charge < -0.3 is 5.32 Å². The monoisotopic (exact) mass is 277 g/mol. The molecule has 1 N–H and O–H groups in total. The zero-order valence-corrected chi connectivity index (χ0v) is 13.9. The van der Waals surface area contributed by atoms with Gasteiger partial charge in [0.15, 0.2) is 0 Å². The van der Waals surface area contributed by atoms with E-state index in [4.69, 9.17) is 5.10 Å². The van der Waals surface area contributed by atoms with E-state index in [0.717, 1.165) is 25.8 Å². The fraction of sp³-hybridized carbons (Fsp3) is 0.824. The summed E-state index contributed by atoms with van der Waals surface area (Å²) in [6, 6.07) is 1.04. The molecule has 1 aromatic rings. The van der Waals surface area contributed by atoms with Crippen molar-refractivity contribution < 1.29 is 0 Å². The third-order valence-corrected chi connectivity index (χ3v) is 4.64. The van der Waals surface area contributed by atoms with Crippen LogP contribution < -0.4 is 5.32 Å². The van der Waals surface area contributed by atoms with Crippen molar-refractivity contribution >= 4 is 0 Å². The number of fused-ring (bicyclic) bond motifs is 1. The molecule has 1 heterocycles. The Hall–Kier alpha value is -0.830. The molecule has 114 valence electrons. The summed E-state index contributed by atoms with van der Waals surface area (Å²) in [6.45, 7) is 12.6. The second-order valence-electron chi connectivity index (χ2n) is 7.01. The highest BCUT2D eigenvalue weighted by Crippen LogP contribution is 2.41. The smallest absolute Gasteiger partial charge is 0.0540 e. The molecular weight excluding hydrogens is 246 g/mol. The van der Waals surface area contributed by atoms with Gasteiger partial charge in [-0.1, -0.05) is 34.6 Å². The van der Waals surface area contributed by atoms with Crippen LogP contribution in [-0.2, 0) is 6.42 Å². The number of nitrogens with zero attached hydrogens (tertiary/aromatic N) is 2. The topological polar surface area (TPSA) is 29.9 Å². The maximum atomic E-state index is 4.74. The van der Waals surface area contributed by atoms with Crippen LogP contribution in [0, 0.1) is 5.41 Å². The fourth-order valence-electron chi connectivity index (χ4n) is 3.51. The number of aromatic nitrogens is 2. The van der Waals surface area contributed by atoms with Gasteiger partial charge in [0.05, 0.1) is 12.2 Å². The third kappa shape index (κ3) is 3.08. The molecule has 1 aromatic heterocycles. The minimum atomic E-state index is 0.363. The van der Waals surface area contributed by atoms with Gasteiger partial charge in [-0.25, -0.2) is 0 Å². The molecule has 3 nitrogen and oxygen atoms in total. The van der Waals surface area contributed by atoms with Gasteiger partial charge in [-0.15, -0.1) is 0 Å². The molecular formula is C17H31N3.